The molecule has 96 valence electrons. The predicted molar refractivity (Wildman–Crippen MR) is 88.9 cm³/mol. The Bertz CT molecular complexity index is 921. The molecule has 0 saturated carbocycles. The van der Waals surface area contributed by atoms with E-state index in [9.17, 15) is 0 Å². The largest absolute Gasteiger partial charge is 0.360 e. The van der Waals surface area contributed by atoms with Gasteiger partial charge in [-0.05, 0) is 44.4 Å². The van der Waals surface area contributed by atoms with Crippen molar-refractivity contribution in [3.8, 4) is 11.1 Å². The van der Waals surface area contributed by atoms with Crippen molar-refractivity contribution in [2.24, 2.45) is 0 Å². The Hall–Kier alpha value is -2.06. The molecule has 1 heterocycles. The number of rotatable bonds is 1. The number of para-hydroxylation sites is 1. The molecule has 4 rings (SSSR count). The third-order valence-electron chi connectivity index (χ3n) is 3.73. The third kappa shape index (κ3) is 1.76. The van der Waals surface area contributed by atoms with E-state index in [1.807, 2.05) is 0 Å². The summed E-state index contributed by atoms with van der Waals surface area (Å²) >= 11 is 3.59. The van der Waals surface area contributed by atoms with Crippen molar-refractivity contribution in [2.75, 3.05) is 0 Å². The topological polar surface area (TPSA) is 15.8 Å². The molecule has 0 radical (unpaired) electrons. The highest BCUT2D eigenvalue weighted by Gasteiger charge is 2.08. The lowest BCUT2D eigenvalue weighted by Crippen LogP contribution is -1.77. The molecule has 2 heteroatoms. The highest BCUT2D eigenvalue weighted by atomic mass is 79.9. The molecule has 0 aliphatic rings. The number of benzene rings is 3. The maximum absolute atomic E-state index is 3.59. The molecule has 0 aliphatic heterocycles. The van der Waals surface area contributed by atoms with Crippen molar-refractivity contribution in [2.45, 2.75) is 0 Å². The van der Waals surface area contributed by atoms with E-state index in [1.165, 1.54) is 27.3 Å². The van der Waals surface area contributed by atoms with Crippen LogP contribution in [0, 0.1) is 0 Å². The smallest absolute Gasteiger partial charge is 0.0604 e. The molecule has 3 aromatic carbocycles. The number of nitrogens with one attached hydrogen (secondary N) is 1. The highest BCUT2D eigenvalue weighted by Crippen LogP contribution is 2.33. The summed E-state index contributed by atoms with van der Waals surface area (Å²) in [5, 5.41) is 3.79. The van der Waals surface area contributed by atoms with Gasteiger partial charge in [-0.1, -0.05) is 48.5 Å². The summed E-state index contributed by atoms with van der Waals surface area (Å²) in [4.78, 5) is 3.36. The van der Waals surface area contributed by atoms with Crippen LogP contribution >= 0.6 is 15.9 Å². The van der Waals surface area contributed by atoms with Gasteiger partial charge in [0.25, 0.3) is 0 Å². The van der Waals surface area contributed by atoms with Gasteiger partial charge < -0.3 is 4.98 Å². The van der Waals surface area contributed by atoms with Crippen LogP contribution in [0.1, 0.15) is 0 Å². The van der Waals surface area contributed by atoms with Crippen molar-refractivity contribution in [1.82, 2.24) is 4.98 Å². The SMILES string of the molecule is Brc1cccc2c(-c3ccc4ccccc4c3)c[nH]c12. The van der Waals surface area contributed by atoms with Crippen molar-refractivity contribution in [3.63, 3.8) is 0 Å². The number of halogens is 1. The number of hydrogen-bond donors (Lipinski definition) is 1. The van der Waals surface area contributed by atoms with Gasteiger partial charge in [0.05, 0.1) is 5.52 Å². The summed E-state index contributed by atoms with van der Waals surface area (Å²) in [6.07, 6.45) is 2.08. The number of aromatic amines is 1. The Morgan fingerprint density at radius 1 is 0.800 bits per heavy atom. The Morgan fingerprint density at radius 2 is 1.65 bits per heavy atom. The molecule has 0 saturated heterocycles. The molecule has 1 N–H and O–H groups in total. The Morgan fingerprint density at radius 3 is 2.55 bits per heavy atom. The number of aromatic nitrogens is 1. The highest BCUT2D eigenvalue weighted by molar-refractivity contribution is 9.10. The quantitative estimate of drug-likeness (QED) is 0.459. The van der Waals surface area contributed by atoms with E-state index in [4.69, 9.17) is 0 Å². The van der Waals surface area contributed by atoms with Gasteiger partial charge in [-0.3, -0.25) is 0 Å². The molecule has 0 amide bonds. The first-order valence-corrected chi connectivity index (χ1v) is 7.37. The molecular weight excluding hydrogens is 310 g/mol. The van der Waals surface area contributed by atoms with Crippen molar-refractivity contribution in [1.29, 1.82) is 0 Å². The van der Waals surface area contributed by atoms with Crippen LogP contribution in [0.4, 0.5) is 0 Å². The lowest BCUT2D eigenvalue weighted by atomic mass is 10.0. The fraction of sp³-hybridized carbons (Fsp3) is 0. The van der Waals surface area contributed by atoms with E-state index < -0.39 is 0 Å². The summed E-state index contributed by atoms with van der Waals surface area (Å²) in [6.45, 7) is 0. The van der Waals surface area contributed by atoms with Gasteiger partial charge in [0.15, 0.2) is 0 Å². The molecule has 20 heavy (non-hydrogen) atoms. The van der Waals surface area contributed by atoms with Crippen LogP contribution in [0.5, 0.6) is 0 Å². The first-order chi connectivity index (χ1) is 9.83. The zero-order chi connectivity index (χ0) is 13.5. The van der Waals surface area contributed by atoms with Crippen molar-refractivity contribution in [3.05, 3.63) is 71.3 Å². The molecule has 0 unspecified atom stereocenters. The van der Waals surface area contributed by atoms with Crippen molar-refractivity contribution < 1.29 is 0 Å². The van der Waals surface area contributed by atoms with E-state index in [2.05, 4.69) is 87.8 Å². The van der Waals surface area contributed by atoms with Gasteiger partial charge in [-0.2, -0.15) is 0 Å². The molecule has 1 nitrogen and oxygen atoms in total. The summed E-state index contributed by atoms with van der Waals surface area (Å²) < 4.78 is 1.10. The summed E-state index contributed by atoms with van der Waals surface area (Å²) in [5.41, 5.74) is 3.63. The fourth-order valence-electron chi connectivity index (χ4n) is 2.71. The van der Waals surface area contributed by atoms with Crippen LogP contribution in [-0.2, 0) is 0 Å². The maximum Gasteiger partial charge on any atom is 0.0604 e. The molecule has 4 aromatic rings. The number of fused-ring (bicyclic) bond motifs is 2. The van der Waals surface area contributed by atoms with Gasteiger partial charge in [0, 0.05) is 21.6 Å². The van der Waals surface area contributed by atoms with Gasteiger partial charge in [0.2, 0.25) is 0 Å². The maximum atomic E-state index is 3.59. The monoisotopic (exact) mass is 321 g/mol. The zero-order valence-electron chi connectivity index (χ0n) is 10.7. The molecule has 0 spiro atoms. The molecule has 0 bridgehead atoms. The van der Waals surface area contributed by atoms with E-state index in [0.717, 1.165) is 9.99 Å². The standard InChI is InChI=1S/C18H12BrN/c19-17-7-3-6-15-16(11-20-18(15)17)14-9-8-12-4-1-2-5-13(12)10-14/h1-11,20H. The van der Waals surface area contributed by atoms with Crippen LogP contribution in [0.2, 0.25) is 0 Å². The zero-order valence-corrected chi connectivity index (χ0v) is 12.3. The third-order valence-corrected chi connectivity index (χ3v) is 4.39. The first kappa shape index (κ1) is 11.7. The number of hydrogen-bond acceptors (Lipinski definition) is 0. The van der Waals surface area contributed by atoms with Gasteiger partial charge in [-0.25, -0.2) is 0 Å². The second-order valence-electron chi connectivity index (χ2n) is 4.93. The summed E-state index contributed by atoms with van der Waals surface area (Å²) in [5.74, 6) is 0. The summed E-state index contributed by atoms with van der Waals surface area (Å²) in [6, 6.07) is 21.4. The minimum atomic E-state index is 1.10. The number of H-pyrrole nitrogens is 1. The molecule has 0 atom stereocenters. The van der Waals surface area contributed by atoms with Gasteiger partial charge >= 0.3 is 0 Å². The Balaban J connectivity index is 1.99. The van der Waals surface area contributed by atoms with Gasteiger partial charge in [-0.15, -0.1) is 0 Å². The molecule has 1 aromatic heterocycles. The lowest BCUT2D eigenvalue weighted by Gasteiger charge is -2.03. The van der Waals surface area contributed by atoms with E-state index in [0.29, 0.717) is 0 Å². The van der Waals surface area contributed by atoms with Crippen LogP contribution in [-0.4, -0.2) is 4.98 Å². The average molecular weight is 322 g/mol. The minimum Gasteiger partial charge on any atom is -0.360 e. The second-order valence-corrected chi connectivity index (χ2v) is 5.78. The first-order valence-electron chi connectivity index (χ1n) is 6.58. The molecule has 0 aliphatic carbocycles. The fourth-order valence-corrected chi connectivity index (χ4v) is 3.19. The van der Waals surface area contributed by atoms with E-state index in [1.54, 1.807) is 0 Å². The Labute approximate surface area is 125 Å². The summed E-state index contributed by atoms with van der Waals surface area (Å²) in [7, 11) is 0. The molecule has 0 fully saturated rings. The van der Waals surface area contributed by atoms with E-state index in [-0.39, 0.29) is 0 Å². The Kier molecular flexibility index (Phi) is 2.64. The van der Waals surface area contributed by atoms with Crippen LogP contribution in [0.15, 0.2) is 71.3 Å². The van der Waals surface area contributed by atoms with Crippen LogP contribution < -0.4 is 0 Å². The normalized spacial score (nSPS) is 11.2. The second kappa shape index (κ2) is 4.50. The predicted octanol–water partition coefficient (Wildman–Crippen LogP) is 5.75. The van der Waals surface area contributed by atoms with Crippen LogP contribution in [0.25, 0.3) is 32.8 Å². The van der Waals surface area contributed by atoms with Crippen LogP contribution in [0.3, 0.4) is 0 Å². The van der Waals surface area contributed by atoms with Gasteiger partial charge in [0.1, 0.15) is 0 Å². The minimum absolute atomic E-state index is 1.10. The average Bonchev–Trinajstić information content (AvgIpc) is 2.92. The lowest BCUT2D eigenvalue weighted by molar-refractivity contribution is 1.46. The van der Waals surface area contributed by atoms with E-state index >= 15 is 0 Å². The molecular formula is C18H12BrN. The van der Waals surface area contributed by atoms with Crippen molar-refractivity contribution >= 4 is 37.6 Å².